The lowest BCUT2D eigenvalue weighted by molar-refractivity contribution is 0.169. The smallest absolute Gasteiger partial charge is 0.317 e. The van der Waals surface area contributed by atoms with Crippen molar-refractivity contribution < 1.29 is 9.32 Å². The summed E-state index contributed by atoms with van der Waals surface area (Å²) in [7, 11) is 0. The SMILES string of the molecule is Cc1noc(C)c1CNC(=O)N1CCCC(C)C1. The van der Waals surface area contributed by atoms with Crippen LogP contribution in [0.5, 0.6) is 0 Å². The standard InChI is InChI=1S/C13H21N3O2/c1-9-5-4-6-16(8-9)13(17)14-7-12-10(2)15-18-11(12)3/h9H,4-8H2,1-3H3,(H,14,17). The van der Waals surface area contributed by atoms with E-state index in [1.165, 1.54) is 6.42 Å². The molecule has 2 rings (SSSR count). The minimum absolute atomic E-state index is 0.0153. The average molecular weight is 251 g/mol. The second-order valence-corrected chi connectivity index (χ2v) is 5.15. The summed E-state index contributed by atoms with van der Waals surface area (Å²) in [5.41, 5.74) is 1.83. The quantitative estimate of drug-likeness (QED) is 0.877. The Kier molecular flexibility index (Phi) is 3.89. The van der Waals surface area contributed by atoms with Gasteiger partial charge >= 0.3 is 6.03 Å². The second-order valence-electron chi connectivity index (χ2n) is 5.15. The monoisotopic (exact) mass is 251 g/mol. The summed E-state index contributed by atoms with van der Waals surface area (Å²) < 4.78 is 5.08. The highest BCUT2D eigenvalue weighted by Gasteiger charge is 2.21. The number of hydrogen-bond donors (Lipinski definition) is 1. The fourth-order valence-electron chi connectivity index (χ4n) is 2.40. The number of likely N-dealkylation sites (tertiary alicyclic amines) is 1. The van der Waals surface area contributed by atoms with Crippen LogP contribution in [0.4, 0.5) is 4.79 Å². The molecule has 2 amide bonds. The van der Waals surface area contributed by atoms with E-state index in [4.69, 9.17) is 4.52 Å². The van der Waals surface area contributed by atoms with Crippen LogP contribution in [-0.2, 0) is 6.54 Å². The first-order chi connectivity index (χ1) is 8.58. The first kappa shape index (κ1) is 12.9. The molecule has 1 N–H and O–H groups in total. The van der Waals surface area contributed by atoms with Crippen molar-refractivity contribution in [2.24, 2.45) is 5.92 Å². The van der Waals surface area contributed by atoms with Crippen molar-refractivity contribution in [3.63, 3.8) is 0 Å². The Morgan fingerprint density at radius 3 is 2.94 bits per heavy atom. The summed E-state index contributed by atoms with van der Waals surface area (Å²) >= 11 is 0. The Bertz CT molecular complexity index is 408. The number of carbonyl (C=O) groups excluding carboxylic acids is 1. The lowest BCUT2D eigenvalue weighted by Gasteiger charge is -2.30. The fourth-order valence-corrected chi connectivity index (χ4v) is 2.40. The number of nitrogens with one attached hydrogen (secondary N) is 1. The van der Waals surface area contributed by atoms with Gasteiger partial charge in [0.25, 0.3) is 0 Å². The van der Waals surface area contributed by atoms with Gasteiger partial charge in [-0.3, -0.25) is 0 Å². The topological polar surface area (TPSA) is 58.4 Å². The van der Waals surface area contributed by atoms with Crippen molar-refractivity contribution in [1.29, 1.82) is 0 Å². The number of hydrogen-bond acceptors (Lipinski definition) is 3. The molecule has 1 fully saturated rings. The second kappa shape index (κ2) is 5.42. The van der Waals surface area contributed by atoms with Gasteiger partial charge in [-0.2, -0.15) is 0 Å². The third kappa shape index (κ3) is 2.83. The molecule has 1 atom stereocenters. The van der Waals surface area contributed by atoms with Gasteiger partial charge in [-0.05, 0) is 32.6 Å². The first-order valence-electron chi connectivity index (χ1n) is 6.52. The normalized spacial score (nSPS) is 19.9. The van der Waals surface area contributed by atoms with Crippen LogP contribution >= 0.6 is 0 Å². The number of rotatable bonds is 2. The van der Waals surface area contributed by atoms with E-state index in [1.807, 2.05) is 18.7 Å². The Balaban J connectivity index is 1.88. The van der Waals surface area contributed by atoms with Crippen molar-refractivity contribution in [2.75, 3.05) is 13.1 Å². The molecule has 5 heteroatoms. The number of aryl methyl sites for hydroxylation is 2. The fraction of sp³-hybridized carbons (Fsp3) is 0.692. The number of amides is 2. The van der Waals surface area contributed by atoms with Crippen molar-refractivity contribution in [2.45, 2.75) is 40.2 Å². The molecular weight excluding hydrogens is 230 g/mol. The van der Waals surface area contributed by atoms with Crippen LogP contribution < -0.4 is 5.32 Å². The minimum Gasteiger partial charge on any atom is -0.361 e. The van der Waals surface area contributed by atoms with Crippen LogP contribution in [-0.4, -0.2) is 29.2 Å². The van der Waals surface area contributed by atoms with Crippen molar-refractivity contribution in [3.8, 4) is 0 Å². The molecule has 1 unspecified atom stereocenters. The van der Waals surface area contributed by atoms with Gasteiger partial charge in [-0.1, -0.05) is 12.1 Å². The molecule has 0 aromatic carbocycles. The molecule has 0 radical (unpaired) electrons. The van der Waals surface area contributed by atoms with E-state index in [0.29, 0.717) is 12.5 Å². The number of urea groups is 1. The zero-order valence-corrected chi connectivity index (χ0v) is 11.3. The molecule has 0 saturated carbocycles. The van der Waals surface area contributed by atoms with Crippen molar-refractivity contribution in [3.05, 3.63) is 17.0 Å². The maximum atomic E-state index is 12.0. The molecule has 1 saturated heterocycles. The third-order valence-corrected chi connectivity index (χ3v) is 3.54. The number of aromatic nitrogens is 1. The Hall–Kier alpha value is -1.52. The van der Waals surface area contributed by atoms with Gasteiger partial charge in [-0.15, -0.1) is 0 Å². The van der Waals surface area contributed by atoms with Gasteiger partial charge < -0.3 is 14.7 Å². The predicted molar refractivity (Wildman–Crippen MR) is 68.2 cm³/mol. The summed E-state index contributed by atoms with van der Waals surface area (Å²) in [5, 5.41) is 6.82. The molecule has 2 heterocycles. The highest BCUT2D eigenvalue weighted by molar-refractivity contribution is 5.74. The molecule has 1 aliphatic rings. The predicted octanol–water partition coefficient (Wildman–Crippen LogP) is 2.23. The molecule has 1 aliphatic heterocycles. The van der Waals surface area contributed by atoms with Crippen molar-refractivity contribution >= 4 is 6.03 Å². The van der Waals surface area contributed by atoms with E-state index in [-0.39, 0.29) is 6.03 Å². The van der Waals surface area contributed by atoms with E-state index in [1.54, 1.807) is 0 Å². The van der Waals surface area contributed by atoms with Gasteiger partial charge in [0.1, 0.15) is 5.76 Å². The third-order valence-electron chi connectivity index (χ3n) is 3.54. The molecule has 5 nitrogen and oxygen atoms in total. The van der Waals surface area contributed by atoms with E-state index < -0.39 is 0 Å². The lowest BCUT2D eigenvalue weighted by atomic mass is 10.0. The van der Waals surface area contributed by atoms with Gasteiger partial charge in [0, 0.05) is 25.2 Å². The van der Waals surface area contributed by atoms with E-state index in [0.717, 1.165) is 36.5 Å². The largest absolute Gasteiger partial charge is 0.361 e. The summed E-state index contributed by atoms with van der Waals surface area (Å²) in [4.78, 5) is 13.9. The van der Waals surface area contributed by atoms with Crippen LogP contribution in [0, 0.1) is 19.8 Å². The Labute approximate surface area is 108 Å². The summed E-state index contributed by atoms with van der Waals surface area (Å²) in [5.74, 6) is 1.38. The Morgan fingerprint density at radius 2 is 2.33 bits per heavy atom. The Morgan fingerprint density at radius 1 is 1.56 bits per heavy atom. The van der Waals surface area contributed by atoms with Crippen LogP contribution in [0.15, 0.2) is 4.52 Å². The number of carbonyl (C=O) groups is 1. The molecule has 1 aromatic rings. The van der Waals surface area contributed by atoms with Crippen LogP contribution in [0.25, 0.3) is 0 Å². The number of piperidine rings is 1. The molecule has 18 heavy (non-hydrogen) atoms. The minimum atomic E-state index is 0.0153. The van der Waals surface area contributed by atoms with E-state index >= 15 is 0 Å². The summed E-state index contributed by atoms with van der Waals surface area (Å²) in [6.07, 6.45) is 2.31. The van der Waals surface area contributed by atoms with Gasteiger partial charge in [0.05, 0.1) is 5.69 Å². The maximum absolute atomic E-state index is 12.0. The maximum Gasteiger partial charge on any atom is 0.317 e. The van der Waals surface area contributed by atoms with E-state index in [2.05, 4.69) is 17.4 Å². The van der Waals surface area contributed by atoms with Crippen LogP contribution in [0.1, 0.15) is 36.8 Å². The van der Waals surface area contributed by atoms with Gasteiger partial charge in [0.2, 0.25) is 0 Å². The van der Waals surface area contributed by atoms with Crippen LogP contribution in [0.2, 0.25) is 0 Å². The molecule has 0 spiro atoms. The molecular formula is C13H21N3O2. The average Bonchev–Trinajstić information content (AvgIpc) is 2.66. The van der Waals surface area contributed by atoms with Gasteiger partial charge in [0.15, 0.2) is 0 Å². The highest BCUT2D eigenvalue weighted by atomic mass is 16.5. The zero-order valence-electron chi connectivity index (χ0n) is 11.3. The number of nitrogens with zero attached hydrogens (tertiary/aromatic N) is 2. The van der Waals surface area contributed by atoms with Gasteiger partial charge in [-0.25, -0.2) is 4.79 Å². The lowest BCUT2D eigenvalue weighted by Crippen LogP contribution is -2.44. The summed E-state index contributed by atoms with van der Waals surface area (Å²) in [6, 6.07) is 0.0153. The highest BCUT2D eigenvalue weighted by Crippen LogP contribution is 2.16. The zero-order chi connectivity index (χ0) is 13.1. The first-order valence-corrected chi connectivity index (χ1v) is 6.52. The van der Waals surface area contributed by atoms with Crippen LogP contribution in [0.3, 0.4) is 0 Å². The summed E-state index contributed by atoms with van der Waals surface area (Å²) in [6.45, 7) is 8.15. The molecule has 0 aliphatic carbocycles. The van der Waals surface area contributed by atoms with Crippen molar-refractivity contribution in [1.82, 2.24) is 15.4 Å². The molecule has 0 bridgehead atoms. The molecule has 100 valence electrons. The van der Waals surface area contributed by atoms with E-state index in [9.17, 15) is 4.79 Å². The molecule has 1 aromatic heterocycles.